The summed E-state index contributed by atoms with van der Waals surface area (Å²) in [5.41, 5.74) is 3.03. The highest BCUT2D eigenvalue weighted by Crippen LogP contribution is 2.31. The van der Waals surface area contributed by atoms with Crippen molar-refractivity contribution in [1.82, 2.24) is 0 Å². The van der Waals surface area contributed by atoms with Crippen molar-refractivity contribution in [2.75, 3.05) is 11.9 Å². The average molecular weight is 304 g/mol. The molecule has 0 spiro atoms. The summed E-state index contributed by atoms with van der Waals surface area (Å²) in [5.74, 6) is -0.918. The number of nitrogens with zero attached hydrogens (tertiary/aromatic N) is 1. The Morgan fingerprint density at radius 2 is 1.90 bits per heavy atom. The summed E-state index contributed by atoms with van der Waals surface area (Å²) in [6.07, 6.45) is 0. The molecule has 1 atom stereocenters. The molecule has 0 aliphatic heterocycles. The van der Waals surface area contributed by atoms with Gasteiger partial charge in [-0.2, -0.15) is 0 Å². The zero-order valence-corrected chi connectivity index (χ0v) is 13.1. The third-order valence-electron chi connectivity index (χ3n) is 3.73. The molecule has 0 saturated carbocycles. The number of carboxylic acid groups (broad SMARTS) is 1. The molecule has 2 aromatic carbocycles. The molecule has 21 heavy (non-hydrogen) atoms. The van der Waals surface area contributed by atoms with Crippen LogP contribution in [0.25, 0.3) is 0 Å². The van der Waals surface area contributed by atoms with E-state index in [1.807, 2.05) is 56.1 Å². The van der Waals surface area contributed by atoms with Gasteiger partial charge in [0, 0.05) is 12.1 Å². The van der Waals surface area contributed by atoms with Crippen molar-refractivity contribution in [3.63, 3.8) is 0 Å². The summed E-state index contributed by atoms with van der Waals surface area (Å²) in [7, 11) is 1.90. The van der Waals surface area contributed by atoms with Gasteiger partial charge in [0.25, 0.3) is 0 Å². The molecule has 3 nitrogen and oxygen atoms in total. The SMILES string of the molecule is Cc1cccc(C(=O)O)c1N(C)C(C)c1cccc(Cl)c1. The number of aromatic carboxylic acids is 1. The molecule has 0 radical (unpaired) electrons. The van der Waals surface area contributed by atoms with E-state index < -0.39 is 5.97 Å². The van der Waals surface area contributed by atoms with Crippen molar-refractivity contribution >= 4 is 23.3 Å². The Bertz CT molecular complexity index is 670. The highest BCUT2D eigenvalue weighted by molar-refractivity contribution is 6.30. The minimum absolute atomic E-state index is 0.0166. The summed E-state index contributed by atoms with van der Waals surface area (Å²) in [6, 6.07) is 13.0. The molecule has 4 heteroatoms. The van der Waals surface area contributed by atoms with E-state index in [1.165, 1.54) is 0 Å². The molecule has 2 rings (SSSR count). The van der Waals surface area contributed by atoms with Crippen molar-refractivity contribution in [1.29, 1.82) is 0 Å². The Morgan fingerprint density at radius 1 is 1.24 bits per heavy atom. The number of carbonyl (C=O) groups is 1. The quantitative estimate of drug-likeness (QED) is 0.901. The van der Waals surface area contributed by atoms with E-state index in [9.17, 15) is 9.90 Å². The Morgan fingerprint density at radius 3 is 2.52 bits per heavy atom. The Labute approximate surface area is 129 Å². The van der Waals surface area contributed by atoms with Crippen LogP contribution >= 0.6 is 11.6 Å². The van der Waals surface area contributed by atoms with Crippen LogP contribution in [0.2, 0.25) is 5.02 Å². The molecule has 0 heterocycles. The van der Waals surface area contributed by atoms with Gasteiger partial charge in [0.2, 0.25) is 0 Å². The van der Waals surface area contributed by atoms with Gasteiger partial charge in [0.15, 0.2) is 0 Å². The molecule has 1 N–H and O–H groups in total. The lowest BCUT2D eigenvalue weighted by Gasteiger charge is -2.30. The number of hydrogen-bond donors (Lipinski definition) is 1. The highest BCUT2D eigenvalue weighted by Gasteiger charge is 2.20. The predicted molar refractivity (Wildman–Crippen MR) is 86.4 cm³/mol. The normalized spacial score (nSPS) is 12.0. The third kappa shape index (κ3) is 3.19. The Kier molecular flexibility index (Phi) is 4.53. The summed E-state index contributed by atoms with van der Waals surface area (Å²) >= 11 is 6.04. The molecule has 0 aromatic heterocycles. The number of rotatable bonds is 4. The largest absolute Gasteiger partial charge is 0.478 e. The van der Waals surface area contributed by atoms with Gasteiger partial charge in [-0.1, -0.05) is 35.9 Å². The molecule has 0 aliphatic rings. The van der Waals surface area contributed by atoms with Crippen molar-refractivity contribution in [2.45, 2.75) is 19.9 Å². The Hall–Kier alpha value is -2.00. The predicted octanol–water partition coefficient (Wildman–Crippen LogP) is 4.54. The van der Waals surface area contributed by atoms with Gasteiger partial charge >= 0.3 is 5.97 Å². The zero-order valence-electron chi connectivity index (χ0n) is 12.3. The molecule has 0 bridgehead atoms. The van der Waals surface area contributed by atoms with Gasteiger partial charge in [0.1, 0.15) is 0 Å². The first kappa shape index (κ1) is 15.4. The van der Waals surface area contributed by atoms with Crippen LogP contribution in [-0.4, -0.2) is 18.1 Å². The Balaban J connectivity index is 2.44. The maximum Gasteiger partial charge on any atom is 0.337 e. The first-order chi connectivity index (χ1) is 9.91. The molecule has 0 fully saturated rings. The number of carboxylic acids is 1. The molecule has 2 aromatic rings. The molecule has 0 saturated heterocycles. The van der Waals surface area contributed by atoms with Crippen LogP contribution in [0.4, 0.5) is 5.69 Å². The van der Waals surface area contributed by atoms with Crippen molar-refractivity contribution in [3.8, 4) is 0 Å². The molecule has 0 amide bonds. The minimum Gasteiger partial charge on any atom is -0.478 e. The van der Waals surface area contributed by atoms with Crippen molar-refractivity contribution in [3.05, 3.63) is 64.2 Å². The second kappa shape index (κ2) is 6.19. The number of hydrogen-bond acceptors (Lipinski definition) is 2. The van der Waals surface area contributed by atoms with Crippen LogP contribution in [0, 0.1) is 6.92 Å². The van der Waals surface area contributed by atoms with Gasteiger partial charge in [0.05, 0.1) is 17.3 Å². The highest BCUT2D eigenvalue weighted by atomic mass is 35.5. The summed E-state index contributed by atoms with van der Waals surface area (Å²) < 4.78 is 0. The lowest BCUT2D eigenvalue weighted by atomic mass is 10.0. The lowest BCUT2D eigenvalue weighted by molar-refractivity contribution is 0.0697. The molecular weight excluding hydrogens is 286 g/mol. The third-order valence-corrected chi connectivity index (χ3v) is 3.97. The minimum atomic E-state index is -0.918. The van der Waals surface area contributed by atoms with E-state index >= 15 is 0 Å². The van der Waals surface area contributed by atoms with Crippen molar-refractivity contribution < 1.29 is 9.90 Å². The smallest absolute Gasteiger partial charge is 0.337 e. The molecular formula is C17H18ClNO2. The number of aryl methyl sites for hydroxylation is 1. The van der Waals surface area contributed by atoms with Crippen LogP contribution in [0.15, 0.2) is 42.5 Å². The number of halogens is 1. The zero-order chi connectivity index (χ0) is 15.6. The second-order valence-electron chi connectivity index (χ2n) is 5.12. The van der Waals surface area contributed by atoms with E-state index in [0.717, 1.165) is 16.8 Å². The molecule has 0 aliphatic carbocycles. The number of benzene rings is 2. The van der Waals surface area contributed by atoms with E-state index in [-0.39, 0.29) is 6.04 Å². The van der Waals surface area contributed by atoms with Crippen LogP contribution in [0.1, 0.15) is 34.5 Å². The fourth-order valence-corrected chi connectivity index (χ4v) is 2.68. The second-order valence-corrected chi connectivity index (χ2v) is 5.55. The van der Waals surface area contributed by atoms with Gasteiger partial charge in [-0.05, 0) is 43.2 Å². The van der Waals surface area contributed by atoms with Crippen LogP contribution in [0.3, 0.4) is 0 Å². The van der Waals surface area contributed by atoms with Crippen LogP contribution in [0.5, 0.6) is 0 Å². The van der Waals surface area contributed by atoms with Gasteiger partial charge < -0.3 is 10.0 Å². The van der Waals surface area contributed by atoms with E-state index in [2.05, 4.69) is 0 Å². The maximum atomic E-state index is 11.4. The average Bonchev–Trinajstić information content (AvgIpc) is 2.45. The number of para-hydroxylation sites is 1. The van der Waals surface area contributed by atoms with Gasteiger partial charge in [-0.3, -0.25) is 0 Å². The van der Waals surface area contributed by atoms with E-state index in [0.29, 0.717) is 10.6 Å². The van der Waals surface area contributed by atoms with Gasteiger partial charge in [-0.25, -0.2) is 4.79 Å². The van der Waals surface area contributed by atoms with Gasteiger partial charge in [-0.15, -0.1) is 0 Å². The van der Waals surface area contributed by atoms with Crippen LogP contribution < -0.4 is 4.90 Å². The first-order valence-electron chi connectivity index (χ1n) is 6.73. The standard InChI is InChI=1S/C17H18ClNO2/c1-11-6-4-9-15(17(20)21)16(11)19(3)12(2)13-7-5-8-14(18)10-13/h4-10,12H,1-3H3,(H,20,21). The molecule has 1 unspecified atom stereocenters. The first-order valence-corrected chi connectivity index (χ1v) is 7.11. The van der Waals surface area contributed by atoms with Crippen molar-refractivity contribution in [2.24, 2.45) is 0 Å². The fraction of sp³-hybridized carbons (Fsp3) is 0.235. The summed E-state index contributed by atoms with van der Waals surface area (Å²) in [6.45, 7) is 3.95. The molecule has 110 valence electrons. The maximum absolute atomic E-state index is 11.4. The fourth-order valence-electron chi connectivity index (χ4n) is 2.48. The summed E-state index contributed by atoms with van der Waals surface area (Å²) in [5, 5.41) is 10.1. The van der Waals surface area contributed by atoms with E-state index in [4.69, 9.17) is 11.6 Å². The lowest BCUT2D eigenvalue weighted by Crippen LogP contribution is -2.24. The van der Waals surface area contributed by atoms with Crippen LogP contribution in [-0.2, 0) is 0 Å². The monoisotopic (exact) mass is 303 g/mol. The topological polar surface area (TPSA) is 40.5 Å². The summed E-state index contributed by atoms with van der Waals surface area (Å²) in [4.78, 5) is 13.4. The van der Waals surface area contributed by atoms with E-state index in [1.54, 1.807) is 12.1 Å². The number of anilines is 1.